The average Bonchev–Trinajstić information content (AvgIpc) is 3.97. The van der Waals surface area contributed by atoms with Crippen LogP contribution in [0.2, 0.25) is 0 Å². The topological polar surface area (TPSA) is 38.6 Å². The van der Waals surface area contributed by atoms with Gasteiger partial charge >= 0.3 is 0 Å². The van der Waals surface area contributed by atoms with Crippen LogP contribution in [0, 0.1) is 0 Å². The molecule has 0 unspecified atom stereocenters. The molecular formula is C52H36N4O. The van der Waals surface area contributed by atoms with Gasteiger partial charge in [-0.3, -0.25) is 8.97 Å². The average molecular weight is 733 g/mol. The van der Waals surface area contributed by atoms with Gasteiger partial charge in [0.1, 0.15) is 11.2 Å². The predicted molar refractivity (Wildman–Crippen MR) is 234 cm³/mol. The van der Waals surface area contributed by atoms with E-state index in [1.54, 1.807) is 0 Å². The molecule has 0 saturated heterocycles. The van der Waals surface area contributed by atoms with Gasteiger partial charge in [-0.15, -0.1) is 0 Å². The third-order valence-corrected chi connectivity index (χ3v) is 12.1. The number of aromatic nitrogens is 3. The first-order valence-electron chi connectivity index (χ1n) is 19.5. The Labute approximate surface area is 329 Å². The molecule has 1 aliphatic carbocycles. The lowest BCUT2D eigenvalue weighted by Crippen LogP contribution is -2.16. The number of para-hydroxylation sites is 4. The summed E-state index contributed by atoms with van der Waals surface area (Å²) < 4.78 is 11.1. The van der Waals surface area contributed by atoms with E-state index in [1.807, 2.05) is 6.07 Å². The second kappa shape index (κ2) is 11.8. The van der Waals surface area contributed by atoms with Gasteiger partial charge in [-0.25, -0.2) is 4.98 Å². The number of rotatable bonds is 5. The number of nitrogens with zero attached hydrogens (tertiary/aromatic N) is 4. The lowest BCUT2D eigenvalue weighted by atomic mass is 9.82. The Morgan fingerprint density at radius 2 is 1.11 bits per heavy atom. The van der Waals surface area contributed by atoms with E-state index in [-0.39, 0.29) is 5.41 Å². The highest BCUT2D eigenvalue weighted by Gasteiger charge is 2.35. The summed E-state index contributed by atoms with van der Waals surface area (Å²) in [6, 6.07) is 65.3. The molecule has 5 heteroatoms. The fraction of sp³-hybridized carbons (Fsp3) is 0.0577. The van der Waals surface area contributed by atoms with Crippen LogP contribution >= 0.6 is 0 Å². The minimum atomic E-state index is -0.124. The molecule has 57 heavy (non-hydrogen) atoms. The molecule has 0 aliphatic heterocycles. The molecule has 0 N–H and O–H groups in total. The smallest absolute Gasteiger partial charge is 0.220 e. The van der Waals surface area contributed by atoms with Gasteiger partial charge < -0.3 is 9.32 Å². The van der Waals surface area contributed by atoms with E-state index in [2.05, 4.69) is 204 Å². The molecule has 0 atom stereocenters. The number of benzene rings is 8. The van der Waals surface area contributed by atoms with Crippen molar-refractivity contribution < 1.29 is 4.42 Å². The number of fused-ring (bicyclic) bond motifs is 11. The maximum absolute atomic E-state index is 6.53. The lowest BCUT2D eigenvalue weighted by molar-refractivity contribution is 0.660. The predicted octanol–water partition coefficient (Wildman–Crippen LogP) is 13.8. The van der Waals surface area contributed by atoms with Crippen LogP contribution in [0.15, 0.2) is 186 Å². The first kappa shape index (κ1) is 31.9. The van der Waals surface area contributed by atoms with Crippen LogP contribution in [-0.4, -0.2) is 14.0 Å². The minimum Gasteiger partial charge on any atom is -0.456 e. The first-order valence-corrected chi connectivity index (χ1v) is 19.5. The molecule has 12 rings (SSSR count). The normalized spacial score (nSPS) is 13.2. The van der Waals surface area contributed by atoms with E-state index in [9.17, 15) is 0 Å². The summed E-state index contributed by atoms with van der Waals surface area (Å²) in [6.45, 7) is 4.69. The second-order valence-electron chi connectivity index (χ2n) is 15.7. The van der Waals surface area contributed by atoms with Crippen molar-refractivity contribution in [3.8, 4) is 27.9 Å². The largest absolute Gasteiger partial charge is 0.456 e. The van der Waals surface area contributed by atoms with Crippen LogP contribution in [0.1, 0.15) is 25.0 Å². The quantitative estimate of drug-likeness (QED) is 0.177. The summed E-state index contributed by atoms with van der Waals surface area (Å²) in [6.07, 6.45) is 0. The van der Waals surface area contributed by atoms with Crippen molar-refractivity contribution in [2.75, 3.05) is 4.90 Å². The Morgan fingerprint density at radius 1 is 0.491 bits per heavy atom. The molecule has 11 aromatic rings. The van der Waals surface area contributed by atoms with E-state index < -0.39 is 0 Å². The van der Waals surface area contributed by atoms with Crippen molar-refractivity contribution in [3.05, 3.63) is 193 Å². The van der Waals surface area contributed by atoms with Crippen LogP contribution in [-0.2, 0) is 5.41 Å². The fourth-order valence-electron chi connectivity index (χ4n) is 9.35. The lowest BCUT2D eigenvalue weighted by Gasteiger charge is -2.28. The Kier molecular flexibility index (Phi) is 6.62. The van der Waals surface area contributed by atoms with Gasteiger partial charge in [0.25, 0.3) is 0 Å². The molecule has 3 aromatic heterocycles. The van der Waals surface area contributed by atoms with E-state index in [0.29, 0.717) is 0 Å². The van der Waals surface area contributed by atoms with Crippen molar-refractivity contribution in [2.24, 2.45) is 0 Å². The van der Waals surface area contributed by atoms with E-state index in [1.165, 1.54) is 33.4 Å². The van der Waals surface area contributed by atoms with Gasteiger partial charge in [-0.05, 0) is 118 Å². The summed E-state index contributed by atoms with van der Waals surface area (Å²) in [7, 11) is 0. The van der Waals surface area contributed by atoms with Crippen molar-refractivity contribution in [3.63, 3.8) is 0 Å². The van der Waals surface area contributed by atoms with Gasteiger partial charge in [0.15, 0.2) is 0 Å². The summed E-state index contributed by atoms with van der Waals surface area (Å²) in [5.41, 5.74) is 17.9. The molecule has 0 fully saturated rings. The van der Waals surface area contributed by atoms with Gasteiger partial charge in [0, 0.05) is 33.2 Å². The van der Waals surface area contributed by atoms with E-state index in [0.717, 1.165) is 72.5 Å². The Morgan fingerprint density at radius 3 is 1.95 bits per heavy atom. The van der Waals surface area contributed by atoms with Crippen LogP contribution in [0.4, 0.5) is 17.1 Å². The highest BCUT2D eigenvalue weighted by Crippen LogP contribution is 2.51. The number of furan rings is 1. The maximum atomic E-state index is 6.53. The van der Waals surface area contributed by atoms with Gasteiger partial charge in [-0.2, -0.15) is 0 Å². The monoisotopic (exact) mass is 732 g/mol. The summed E-state index contributed by atoms with van der Waals surface area (Å²) in [5.74, 6) is 0.886. The van der Waals surface area contributed by atoms with Gasteiger partial charge in [-0.1, -0.05) is 111 Å². The second-order valence-corrected chi connectivity index (χ2v) is 15.7. The van der Waals surface area contributed by atoms with Crippen molar-refractivity contribution >= 4 is 66.8 Å². The van der Waals surface area contributed by atoms with Crippen LogP contribution in [0.3, 0.4) is 0 Å². The molecule has 0 saturated carbocycles. The molecular weight excluding hydrogens is 697 g/mol. The highest BCUT2D eigenvalue weighted by molar-refractivity contribution is 6.08. The molecule has 270 valence electrons. The Balaban J connectivity index is 1.04. The Hall–Kier alpha value is -7.37. The van der Waals surface area contributed by atoms with Crippen molar-refractivity contribution in [2.45, 2.75) is 19.3 Å². The molecule has 0 spiro atoms. The van der Waals surface area contributed by atoms with E-state index >= 15 is 0 Å². The van der Waals surface area contributed by atoms with Gasteiger partial charge in [0.05, 0.1) is 27.8 Å². The SMILES string of the molecule is CC1(C)c2ccccc2-c2ccc(N(c3ccc(-c4ccccc4)cc3)c3ccc4oc5ccc(-n6c7ccccc7n7c8ccccc8nc67)cc5c4c3)cc21. The number of imidazole rings is 2. The zero-order valence-corrected chi connectivity index (χ0v) is 31.5. The molecule has 5 nitrogen and oxygen atoms in total. The molecule has 0 amide bonds. The zero-order chi connectivity index (χ0) is 37.8. The maximum Gasteiger partial charge on any atom is 0.220 e. The first-order chi connectivity index (χ1) is 28.0. The standard InChI is InChI=1S/C52H36N4O/c1-52(2)43-15-7-6-14-39(43)40-27-24-38(32-44(40)52)54(35-22-20-34(21-23-35)33-12-4-3-5-13-33)36-25-28-49-41(30-36)42-31-37(26-29-50(42)57-49)55-47-18-10-11-19-48(47)56-46-17-9-8-16-45(46)53-51(55)56/h3-32H,1-2H3. The minimum absolute atomic E-state index is 0.124. The molecule has 0 radical (unpaired) electrons. The van der Waals surface area contributed by atoms with Crippen LogP contribution in [0.5, 0.6) is 0 Å². The molecule has 3 heterocycles. The fourth-order valence-corrected chi connectivity index (χ4v) is 9.35. The van der Waals surface area contributed by atoms with E-state index in [4.69, 9.17) is 9.40 Å². The Bertz CT molecular complexity index is 3380. The third-order valence-electron chi connectivity index (χ3n) is 12.1. The summed E-state index contributed by atoms with van der Waals surface area (Å²) >= 11 is 0. The molecule has 0 bridgehead atoms. The van der Waals surface area contributed by atoms with Gasteiger partial charge in [0.2, 0.25) is 5.78 Å². The summed E-state index contributed by atoms with van der Waals surface area (Å²) in [4.78, 5) is 7.52. The third kappa shape index (κ3) is 4.66. The molecule has 1 aliphatic rings. The van der Waals surface area contributed by atoms with Crippen molar-refractivity contribution in [1.82, 2.24) is 14.0 Å². The molecule has 8 aromatic carbocycles. The number of hydrogen-bond donors (Lipinski definition) is 0. The summed E-state index contributed by atoms with van der Waals surface area (Å²) in [5, 5.41) is 2.12. The van der Waals surface area contributed by atoms with Crippen molar-refractivity contribution in [1.29, 1.82) is 0 Å². The number of anilines is 3. The van der Waals surface area contributed by atoms with Crippen LogP contribution in [0.25, 0.3) is 77.7 Å². The van der Waals surface area contributed by atoms with Crippen LogP contribution < -0.4 is 4.90 Å². The zero-order valence-electron chi connectivity index (χ0n) is 31.5. The highest BCUT2D eigenvalue weighted by atomic mass is 16.3. The number of hydrogen-bond acceptors (Lipinski definition) is 3.